The molecule has 1 aliphatic carbocycles. The van der Waals surface area contributed by atoms with Gasteiger partial charge < -0.3 is 24.0 Å². The Kier molecular flexibility index (Phi) is 12.6. The smallest absolute Gasteiger partial charge is 0.267 e. The summed E-state index contributed by atoms with van der Waals surface area (Å²) >= 11 is 6.43. The maximum absolute atomic E-state index is 16.8. The number of benzene rings is 2. The van der Waals surface area contributed by atoms with E-state index in [9.17, 15) is 18.0 Å². The van der Waals surface area contributed by atoms with Crippen molar-refractivity contribution in [3.8, 4) is 5.75 Å². The Hall–Kier alpha value is -3.30. The van der Waals surface area contributed by atoms with Crippen LogP contribution in [0, 0.1) is 11.7 Å². The standard InChI is InChI=1S/C39H51ClF2N4O7S/c1-25-9-12-32(41)36(38(48)44(15-17-51-3)16-18-52-4)46-14-6-8-29(46)22-45-23-39(13-5-7-27-19-28(40)10-11-31(27)39)24-53-35-21-33(42)30(20-34(35)45)37(47)43-54(49,50)26(25)2/h10-12,19-21,25-26,29,36H,5-9,13-18,22-24H2,1-4H3,(H,43,47)/b32-12-/t25-,26+,29-,36+,39-/m0/s1. The highest BCUT2D eigenvalue weighted by molar-refractivity contribution is 7.90. The van der Waals surface area contributed by atoms with Crippen LogP contribution >= 0.6 is 11.6 Å². The summed E-state index contributed by atoms with van der Waals surface area (Å²) in [5, 5.41) is -0.530. The molecule has 2 aromatic rings. The third-order valence-corrected chi connectivity index (χ3v) is 13.9. The van der Waals surface area contributed by atoms with Crippen LogP contribution in [-0.4, -0.2) is 114 Å². The van der Waals surface area contributed by atoms with Gasteiger partial charge in [0.05, 0.1) is 36.3 Å². The van der Waals surface area contributed by atoms with Gasteiger partial charge in [0.1, 0.15) is 23.4 Å². The van der Waals surface area contributed by atoms with Crippen molar-refractivity contribution in [2.75, 3.05) is 71.7 Å². The Morgan fingerprint density at radius 2 is 1.85 bits per heavy atom. The van der Waals surface area contributed by atoms with E-state index in [1.54, 1.807) is 11.8 Å². The topological polar surface area (TPSA) is 118 Å². The van der Waals surface area contributed by atoms with E-state index in [0.29, 0.717) is 43.2 Å². The largest absolute Gasteiger partial charge is 0.490 e. The number of fused-ring (bicyclic) bond motifs is 4. The van der Waals surface area contributed by atoms with Crippen molar-refractivity contribution >= 4 is 39.1 Å². The fourth-order valence-corrected chi connectivity index (χ4v) is 9.94. The molecule has 296 valence electrons. The molecule has 1 spiro atoms. The van der Waals surface area contributed by atoms with Crippen LogP contribution in [0.4, 0.5) is 14.5 Å². The normalized spacial score (nSPS) is 28.2. The van der Waals surface area contributed by atoms with Crippen LogP contribution in [0.15, 0.2) is 42.2 Å². The lowest BCUT2D eigenvalue weighted by Gasteiger charge is -2.42. The number of halogens is 3. The summed E-state index contributed by atoms with van der Waals surface area (Å²) in [6.45, 7) is 5.35. The Labute approximate surface area is 322 Å². The maximum Gasteiger partial charge on any atom is 0.267 e. The number of nitrogens with zero attached hydrogens (tertiary/aromatic N) is 3. The zero-order valence-corrected chi connectivity index (χ0v) is 33.0. The van der Waals surface area contributed by atoms with Gasteiger partial charge in [-0.3, -0.25) is 14.5 Å². The van der Waals surface area contributed by atoms with E-state index < -0.39 is 61.7 Å². The second kappa shape index (κ2) is 16.8. The monoisotopic (exact) mass is 792 g/mol. The van der Waals surface area contributed by atoms with Gasteiger partial charge in [-0.25, -0.2) is 21.9 Å². The van der Waals surface area contributed by atoms with Crippen molar-refractivity contribution in [2.24, 2.45) is 5.92 Å². The Bertz CT molecular complexity index is 1860. The minimum Gasteiger partial charge on any atom is -0.490 e. The van der Waals surface area contributed by atoms with Gasteiger partial charge in [0.25, 0.3) is 5.91 Å². The van der Waals surface area contributed by atoms with Crippen LogP contribution in [-0.2, 0) is 36.1 Å². The molecule has 1 saturated heterocycles. The zero-order valence-electron chi connectivity index (χ0n) is 31.4. The van der Waals surface area contributed by atoms with Gasteiger partial charge in [0.15, 0.2) is 0 Å². The SMILES string of the molecule is COCCN(CCOC)C(=O)[C@H]1/C(F)=C/C[C@H](C)[C@@H](C)S(=O)(=O)NC(=O)c2cc3c(cc2F)OC[C@]2(CCCc4cc(Cl)ccc42)CN3C[C@@H]2CCCN21. The molecule has 0 saturated carbocycles. The molecule has 5 atom stereocenters. The van der Waals surface area contributed by atoms with Crippen LogP contribution in [0.5, 0.6) is 5.75 Å². The molecule has 1 N–H and O–H groups in total. The lowest BCUT2D eigenvalue weighted by Crippen LogP contribution is -2.55. The molecule has 2 aromatic carbocycles. The molecule has 3 heterocycles. The molecule has 1 fully saturated rings. The molecule has 11 nitrogen and oxygen atoms in total. The fraction of sp³-hybridized carbons (Fsp3) is 0.590. The molecular weight excluding hydrogens is 742 g/mol. The average Bonchev–Trinajstić information content (AvgIpc) is 3.53. The zero-order chi connectivity index (χ0) is 38.8. The molecular formula is C39H51ClF2N4O7S. The second-order valence-electron chi connectivity index (χ2n) is 15.1. The minimum absolute atomic E-state index is 0.0247. The van der Waals surface area contributed by atoms with Gasteiger partial charge in [0, 0.05) is 62.9 Å². The number of methoxy groups -OCH3 is 2. The molecule has 0 radical (unpaired) electrons. The minimum atomic E-state index is -4.34. The summed E-state index contributed by atoms with van der Waals surface area (Å²) in [5.41, 5.74) is 1.61. The van der Waals surface area contributed by atoms with Gasteiger partial charge in [0.2, 0.25) is 15.9 Å². The van der Waals surface area contributed by atoms with Crippen molar-refractivity contribution in [2.45, 2.75) is 75.1 Å². The van der Waals surface area contributed by atoms with Crippen molar-refractivity contribution in [3.05, 3.63) is 69.8 Å². The highest BCUT2D eigenvalue weighted by atomic mass is 35.5. The predicted molar refractivity (Wildman–Crippen MR) is 203 cm³/mol. The summed E-state index contributed by atoms with van der Waals surface area (Å²) in [6.07, 6.45) is 5.08. The third-order valence-electron chi connectivity index (χ3n) is 11.7. The van der Waals surface area contributed by atoms with E-state index >= 15 is 8.78 Å². The Balaban J connectivity index is 1.49. The van der Waals surface area contributed by atoms with Crippen molar-refractivity contribution < 1.29 is 41.0 Å². The first-order chi connectivity index (χ1) is 25.8. The van der Waals surface area contributed by atoms with E-state index in [4.69, 9.17) is 25.8 Å². The summed E-state index contributed by atoms with van der Waals surface area (Å²) in [7, 11) is -1.27. The highest BCUT2D eigenvalue weighted by Gasteiger charge is 2.45. The summed E-state index contributed by atoms with van der Waals surface area (Å²) in [4.78, 5) is 33.6. The van der Waals surface area contributed by atoms with Gasteiger partial charge in [-0.1, -0.05) is 30.7 Å². The van der Waals surface area contributed by atoms with Crippen LogP contribution in [0.1, 0.15) is 67.4 Å². The lowest BCUT2D eigenvalue weighted by molar-refractivity contribution is -0.137. The van der Waals surface area contributed by atoms with E-state index in [1.807, 2.05) is 28.0 Å². The Morgan fingerprint density at radius 1 is 1.11 bits per heavy atom. The van der Waals surface area contributed by atoms with Crippen molar-refractivity contribution in [1.29, 1.82) is 0 Å². The summed E-state index contributed by atoms with van der Waals surface area (Å²) < 4.78 is 78.8. The number of aryl methyl sites for hydroxylation is 1. The van der Waals surface area contributed by atoms with Crippen LogP contribution < -0.4 is 14.4 Å². The van der Waals surface area contributed by atoms with Gasteiger partial charge in [-0.15, -0.1) is 0 Å². The van der Waals surface area contributed by atoms with Crippen molar-refractivity contribution in [1.82, 2.24) is 14.5 Å². The number of carbonyl (C=O) groups is 2. The third kappa shape index (κ3) is 8.28. The van der Waals surface area contributed by atoms with Crippen LogP contribution in [0.2, 0.25) is 5.02 Å². The first-order valence-electron chi connectivity index (χ1n) is 18.7. The van der Waals surface area contributed by atoms with Gasteiger partial charge in [-0.2, -0.15) is 0 Å². The molecule has 4 aliphatic rings. The quantitative estimate of drug-likeness (QED) is 0.402. The Morgan fingerprint density at radius 3 is 2.57 bits per heavy atom. The highest BCUT2D eigenvalue weighted by Crippen LogP contribution is 2.45. The van der Waals surface area contributed by atoms with E-state index in [0.717, 1.165) is 36.5 Å². The lowest BCUT2D eigenvalue weighted by atomic mass is 9.70. The van der Waals surface area contributed by atoms with Crippen LogP contribution in [0.25, 0.3) is 0 Å². The number of anilines is 1. The molecule has 0 unspecified atom stereocenters. The molecule has 2 amide bonds. The number of sulfonamides is 1. The molecule has 0 aromatic heterocycles. The second-order valence-corrected chi connectivity index (χ2v) is 17.6. The maximum atomic E-state index is 16.8. The fourth-order valence-electron chi connectivity index (χ4n) is 8.47. The first-order valence-corrected chi connectivity index (χ1v) is 20.6. The number of allylic oxidation sites excluding steroid dienone is 1. The van der Waals surface area contributed by atoms with E-state index in [2.05, 4.69) is 4.72 Å². The number of hydrogen-bond acceptors (Lipinski definition) is 9. The van der Waals surface area contributed by atoms with Gasteiger partial charge >= 0.3 is 0 Å². The molecule has 6 rings (SSSR count). The summed E-state index contributed by atoms with van der Waals surface area (Å²) in [6, 6.07) is 6.74. The number of hydrogen-bond donors (Lipinski definition) is 1. The molecule has 54 heavy (non-hydrogen) atoms. The van der Waals surface area contributed by atoms with Crippen LogP contribution in [0.3, 0.4) is 0 Å². The van der Waals surface area contributed by atoms with Gasteiger partial charge in [-0.05, 0) is 87.2 Å². The number of rotatable bonds is 7. The average molecular weight is 793 g/mol. The number of nitrogens with one attached hydrogen (secondary N) is 1. The number of carbonyl (C=O) groups excluding carboxylic acids is 2. The molecule has 2 bridgehead atoms. The predicted octanol–water partition coefficient (Wildman–Crippen LogP) is 5.25. The van der Waals surface area contributed by atoms with Crippen molar-refractivity contribution in [3.63, 3.8) is 0 Å². The van der Waals surface area contributed by atoms with E-state index in [-0.39, 0.29) is 51.1 Å². The number of amides is 2. The van der Waals surface area contributed by atoms with E-state index in [1.165, 1.54) is 33.3 Å². The molecule has 15 heteroatoms. The first kappa shape index (κ1) is 40.4. The molecule has 3 aliphatic heterocycles. The number of ether oxygens (including phenoxy) is 3. The summed E-state index contributed by atoms with van der Waals surface area (Å²) in [5.74, 6) is -3.58.